The van der Waals surface area contributed by atoms with Crippen LogP contribution < -0.4 is 5.32 Å². The standard InChI is InChI=1S/C21H29NO2/c1-4-5-13-12-16-14-6-7-17-20(2,11-9-18(23)22-17)15(14)8-10-21(16,3)19(13)24/h4,7,13-16H,1,5-6,8-12H2,2-3H3,(H,22,23)/t13-,14+,15-,16-,20+,21-/m0/s1. The third kappa shape index (κ3) is 2.02. The van der Waals surface area contributed by atoms with Gasteiger partial charge >= 0.3 is 0 Å². The Hall–Kier alpha value is -1.38. The SMILES string of the molecule is C=CC[C@H]1C[C@H]2[C@@H]3CC=C4NC(=O)CC[C@]4(C)[C@H]3CC[C@]2(C)C1=O. The molecule has 4 rings (SSSR count). The highest BCUT2D eigenvalue weighted by atomic mass is 16.1. The van der Waals surface area contributed by atoms with Gasteiger partial charge in [-0.2, -0.15) is 0 Å². The highest BCUT2D eigenvalue weighted by Gasteiger charge is 2.60. The Labute approximate surface area is 145 Å². The van der Waals surface area contributed by atoms with Gasteiger partial charge in [0.05, 0.1) is 0 Å². The molecule has 3 aliphatic carbocycles. The molecule has 1 saturated heterocycles. The molecule has 0 aromatic rings. The van der Waals surface area contributed by atoms with E-state index in [4.69, 9.17) is 0 Å². The van der Waals surface area contributed by atoms with E-state index in [0.29, 0.717) is 30.0 Å². The minimum absolute atomic E-state index is 0.0950. The number of hydrogen-bond donors (Lipinski definition) is 1. The van der Waals surface area contributed by atoms with Gasteiger partial charge < -0.3 is 5.32 Å². The molecule has 4 aliphatic rings. The number of Topliss-reactive ketones (excluding diaryl/α,β-unsaturated/α-hetero) is 1. The minimum atomic E-state index is -0.130. The predicted molar refractivity (Wildman–Crippen MR) is 93.9 cm³/mol. The molecule has 0 aromatic heterocycles. The van der Waals surface area contributed by atoms with Crippen LogP contribution in [-0.2, 0) is 9.59 Å². The van der Waals surface area contributed by atoms with Crippen molar-refractivity contribution in [3.8, 4) is 0 Å². The summed E-state index contributed by atoms with van der Waals surface area (Å²) in [5, 5.41) is 3.14. The first-order valence-electron chi connectivity index (χ1n) is 9.56. The molecule has 0 radical (unpaired) electrons. The molecule has 3 nitrogen and oxygen atoms in total. The monoisotopic (exact) mass is 327 g/mol. The van der Waals surface area contributed by atoms with Gasteiger partial charge in [0.15, 0.2) is 0 Å². The molecule has 1 heterocycles. The van der Waals surface area contributed by atoms with Gasteiger partial charge in [0.2, 0.25) is 5.91 Å². The molecule has 0 spiro atoms. The zero-order valence-electron chi connectivity index (χ0n) is 14.9. The van der Waals surface area contributed by atoms with E-state index >= 15 is 0 Å². The Morgan fingerprint density at radius 3 is 2.79 bits per heavy atom. The first kappa shape index (κ1) is 16.1. The molecule has 1 N–H and O–H groups in total. The van der Waals surface area contributed by atoms with Gasteiger partial charge in [-0.05, 0) is 56.3 Å². The van der Waals surface area contributed by atoms with Gasteiger partial charge in [0.1, 0.15) is 5.78 Å². The molecular weight excluding hydrogens is 298 g/mol. The normalized spacial score (nSPS) is 47.2. The molecule has 1 amide bonds. The van der Waals surface area contributed by atoms with Crippen molar-refractivity contribution in [2.24, 2.45) is 34.5 Å². The van der Waals surface area contributed by atoms with Crippen LogP contribution in [0.5, 0.6) is 0 Å². The lowest BCUT2D eigenvalue weighted by atomic mass is 9.50. The summed E-state index contributed by atoms with van der Waals surface area (Å²) < 4.78 is 0. The molecule has 24 heavy (non-hydrogen) atoms. The minimum Gasteiger partial charge on any atom is -0.330 e. The number of rotatable bonds is 2. The second kappa shape index (κ2) is 5.31. The fourth-order valence-corrected chi connectivity index (χ4v) is 6.54. The summed E-state index contributed by atoms with van der Waals surface area (Å²) in [6, 6.07) is 0. The highest BCUT2D eigenvalue weighted by Crippen LogP contribution is 2.63. The average Bonchev–Trinajstić information content (AvgIpc) is 2.81. The predicted octanol–water partition coefficient (Wildman–Crippen LogP) is 4.00. The van der Waals surface area contributed by atoms with Gasteiger partial charge in [-0.3, -0.25) is 9.59 Å². The zero-order valence-corrected chi connectivity index (χ0v) is 14.9. The number of hydrogen-bond acceptors (Lipinski definition) is 2. The number of allylic oxidation sites excluding steroid dienone is 3. The molecule has 0 bridgehead atoms. The maximum Gasteiger partial charge on any atom is 0.224 e. The second-order valence-electron chi connectivity index (χ2n) is 8.97. The van der Waals surface area contributed by atoms with Crippen LogP contribution in [0.3, 0.4) is 0 Å². The van der Waals surface area contributed by atoms with Crippen LogP contribution in [-0.4, -0.2) is 11.7 Å². The van der Waals surface area contributed by atoms with Crippen molar-refractivity contribution in [3.63, 3.8) is 0 Å². The number of nitrogens with one attached hydrogen (secondary N) is 1. The summed E-state index contributed by atoms with van der Waals surface area (Å²) >= 11 is 0. The lowest BCUT2D eigenvalue weighted by Gasteiger charge is -2.55. The summed E-state index contributed by atoms with van der Waals surface area (Å²) in [6.45, 7) is 8.42. The number of carbonyl (C=O) groups is 2. The fourth-order valence-electron chi connectivity index (χ4n) is 6.54. The van der Waals surface area contributed by atoms with Crippen molar-refractivity contribution in [2.45, 2.75) is 58.8 Å². The Kier molecular flexibility index (Phi) is 3.56. The first-order chi connectivity index (χ1) is 11.4. The van der Waals surface area contributed by atoms with Crippen LogP contribution in [0.25, 0.3) is 0 Å². The van der Waals surface area contributed by atoms with Crippen LogP contribution in [0.4, 0.5) is 0 Å². The lowest BCUT2D eigenvalue weighted by Crippen LogP contribution is -2.53. The van der Waals surface area contributed by atoms with E-state index in [2.05, 4.69) is 31.8 Å². The van der Waals surface area contributed by atoms with Crippen LogP contribution in [0, 0.1) is 34.5 Å². The van der Waals surface area contributed by atoms with Gasteiger partial charge in [-0.25, -0.2) is 0 Å². The summed E-state index contributed by atoms with van der Waals surface area (Å²) in [4.78, 5) is 24.8. The number of piperidine rings is 1. The van der Waals surface area contributed by atoms with E-state index in [1.165, 1.54) is 0 Å². The first-order valence-corrected chi connectivity index (χ1v) is 9.56. The Balaban J connectivity index is 1.67. The number of amides is 1. The van der Waals surface area contributed by atoms with Crippen molar-refractivity contribution in [3.05, 3.63) is 24.4 Å². The van der Waals surface area contributed by atoms with Crippen LogP contribution in [0.15, 0.2) is 24.4 Å². The summed E-state index contributed by atoms with van der Waals surface area (Å²) in [6.07, 6.45) is 10.8. The van der Waals surface area contributed by atoms with Gasteiger partial charge in [0, 0.05) is 28.9 Å². The fraction of sp³-hybridized carbons (Fsp3) is 0.714. The quantitative estimate of drug-likeness (QED) is 0.779. The largest absolute Gasteiger partial charge is 0.330 e. The van der Waals surface area contributed by atoms with E-state index in [0.717, 1.165) is 44.2 Å². The van der Waals surface area contributed by atoms with Gasteiger partial charge in [-0.1, -0.05) is 26.0 Å². The lowest BCUT2D eigenvalue weighted by molar-refractivity contribution is -0.134. The molecule has 0 aromatic carbocycles. The molecule has 3 fully saturated rings. The van der Waals surface area contributed by atoms with Crippen LogP contribution >= 0.6 is 0 Å². The Morgan fingerprint density at radius 1 is 1.25 bits per heavy atom. The van der Waals surface area contributed by atoms with Gasteiger partial charge in [0.25, 0.3) is 0 Å². The van der Waals surface area contributed by atoms with E-state index in [1.54, 1.807) is 0 Å². The maximum atomic E-state index is 13.0. The summed E-state index contributed by atoms with van der Waals surface area (Å²) in [5.74, 6) is 2.53. The third-order valence-electron chi connectivity index (χ3n) is 7.92. The number of fused-ring (bicyclic) bond motifs is 5. The summed E-state index contributed by atoms with van der Waals surface area (Å²) in [7, 11) is 0. The Bertz CT molecular complexity index is 636. The van der Waals surface area contributed by atoms with Crippen LogP contribution in [0.2, 0.25) is 0 Å². The van der Waals surface area contributed by atoms with E-state index < -0.39 is 0 Å². The highest BCUT2D eigenvalue weighted by molar-refractivity contribution is 5.89. The molecule has 130 valence electrons. The van der Waals surface area contributed by atoms with E-state index in [1.807, 2.05) is 6.08 Å². The molecular formula is C21H29NO2. The topological polar surface area (TPSA) is 46.2 Å². The maximum absolute atomic E-state index is 13.0. The smallest absolute Gasteiger partial charge is 0.224 e. The number of carbonyl (C=O) groups excluding carboxylic acids is 2. The van der Waals surface area contributed by atoms with Crippen molar-refractivity contribution < 1.29 is 9.59 Å². The van der Waals surface area contributed by atoms with Crippen molar-refractivity contribution >= 4 is 11.7 Å². The van der Waals surface area contributed by atoms with Crippen molar-refractivity contribution in [1.29, 1.82) is 0 Å². The zero-order chi connectivity index (χ0) is 17.1. The van der Waals surface area contributed by atoms with Gasteiger partial charge in [-0.15, -0.1) is 6.58 Å². The Morgan fingerprint density at radius 2 is 2.04 bits per heavy atom. The van der Waals surface area contributed by atoms with E-state index in [9.17, 15) is 9.59 Å². The number of ketones is 1. The third-order valence-corrected chi connectivity index (χ3v) is 7.92. The van der Waals surface area contributed by atoms with Crippen molar-refractivity contribution in [1.82, 2.24) is 5.32 Å². The summed E-state index contributed by atoms with van der Waals surface area (Å²) in [5.41, 5.74) is 1.13. The van der Waals surface area contributed by atoms with E-state index in [-0.39, 0.29) is 22.7 Å². The molecule has 1 aliphatic heterocycles. The van der Waals surface area contributed by atoms with Crippen LogP contribution in [0.1, 0.15) is 58.8 Å². The average molecular weight is 327 g/mol. The van der Waals surface area contributed by atoms with Crippen molar-refractivity contribution in [2.75, 3.05) is 0 Å². The molecule has 6 atom stereocenters. The second-order valence-corrected chi connectivity index (χ2v) is 8.97. The molecule has 2 saturated carbocycles. The molecule has 3 heteroatoms. The molecule has 0 unspecified atom stereocenters.